The molecule has 0 aliphatic heterocycles. The molecule has 2 aromatic carbocycles. The number of aromatic nitrogens is 2. The van der Waals surface area contributed by atoms with Crippen LogP contribution in [0, 0.1) is 11.3 Å². The molecule has 0 N–H and O–H groups in total. The molecule has 0 fully saturated rings. The monoisotopic (exact) mass is 408 g/mol. The molecule has 4 nitrogen and oxygen atoms in total. The summed E-state index contributed by atoms with van der Waals surface area (Å²) in [6.45, 7) is 5.66. The van der Waals surface area contributed by atoms with Gasteiger partial charge < -0.3 is 4.90 Å². The van der Waals surface area contributed by atoms with E-state index in [-0.39, 0.29) is 0 Å². The Morgan fingerprint density at radius 3 is 2.32 bits per heavy atom. The van der Waals surface area contributed by atoms with Gasteiger partial charge in [0.05, 0.1) is 5.69 Å². The van der Waals surface area contributed by atoms with E-state index in [9.17, 15) is 5.26 Å². The fourth-order valence-corrected chi connectivity index (χ4v) is 4.04. The first-order valence-corrected chi connectivity index (χ1v) is 10.5. The fourth-order valence-electron chi connectivity index (χ4n) is 2.91. The third-order valence-corrected chi connectivity index (χ3v) is 5.67. The van der Waals surface area contributed by atoms with E-state index in [0.29, 0.717) is 28.0 Å². The van der Waals surface area contributed by atoms with Crippen molar-refractivity contribution in [2.24, 2.45) is 0 Å². The van der Waals surface area contributed by atoms with Crippen LogP contribution in [0.5, 0.6) is 0 Å². The lowest BCUT2D eigenvalue weighted by Crippen LogP contribution is -2.25. The van der Waals surface area contributed by atoms with Crippen molar-refractivity contribution in [3.8, 4) is 17.3 Å². The van der Waals surface area contributed by atoms with Crippen molar-refractivity contribution in [2.75, 3.05) is 18.0 Å². The maximum absolute atomic E-state index is 9.85. The number of benzene rings is 2. The number of nitriles is 1. The molecule has 0 unspecified atom stereocenters. The minimum absolute atomic E-state index is 0.511. The molecule has 0 aliphatic carbocycles. The Hall–Kier alpha value is -2.55. The SMILES string of the molecule is CCN(CC)c1nc(SCc2ccccc2Cl)nc(-c2ccccc2)c1C#N. The van der Waals surface area contributed by atoms with E-state index in [1.165, 1.54) is 11.8 Å². The Labute approximate surface area is 175 Å². The van der Waals surface area contributed by atoms with Gasteiger partial charge in [0.1, 0.15) is 11.6 Å². The molecule has 0 spiro atoms. The maximum Gasteiger partial charge on any atom is 0.190 e. The van der Waals surface area contributed by atoms with Gasteiger partial charge in [-0.2, -0.15) is 5.26 Å². The molecular weight excluding hydrogens is 388 g/mol. The van der Waals surface area contributed by atoms with Gasteiger partial charge in [-0.05, 0) is 25.5 Å². The van der Waals surface area contributed by atoms with Crippen molar-refractivity contribution >= 4 is 29.2 Å². The second kappa shape index (κ2) is 9.59. The van der Waals surface area contributed by atoms with Crippen molar-refractivity contribution in [1.82, 2.24) is 9.97 Å². The Morgan fingerprint density at radius 1 is 1.00 bits per heavy atom. The molecule has 0 saturated carbocycles. The number of rotatable bonds is 7. The average Bonchev–Trinajstić information content (AvgIpc) is 2.74. The van der Waals surface area contributed by atoms with Crippen molar-refractivity contribution in [1.29, 1.82) is 5.26 Å². The second-order valence-corrected chi connectivity index (χ2v) is 7.43. The Balaban J connectivity index is 2.06. The number of hydrogen-bond donors (Lipinski definition) is 0. The molecule has 0 radical (unpaired) electrons. The van der Waals surface area contributed by atoms with Gasteiger partial charge in [-0.25, -0.2) is 9.97 Å². The highest BCUT2D eigenvalue weighted by molar-refractivity contribution is 7.98. The van der Waals surface area contributed by atoms with Gasteiger partial charge in [-0.1, -0.05) is 71.9 Å². The van der Waals surface area contributed by atoms with E-state index in [4.69, 9.17) is 21.6 Å². The van der Waals surface area contributed by atoms with Crippen LogP contribution < -0.4 is 4.90 Å². The molecule has 0 bridgehead atoms. The van der Waals surface area contributed by atoms with Crippen LogP contribution in [-0.2, 0) is 5.75 Å². The van der Waals surface area contributed by atoms with Crippen LogP contribution in [0.25, 0.3) is 11.3 Å². The summed E-state index contributed by atoms with van der Waals surface area (Å²) < 4.78 is 0. The van der Waals surface area contributed by atoms with Crippen LogP contribution in [0.3, 0.4) is 0 Å². The molecule has 3 aromatic rings. The summed E-state index contributed by atoms with van der Waals surface area (Å²) >= 11 is 7.81. The summed E-state index contributed by atoms with van der Waals surface area (Å²) in [6, 6.07) is 19.9. The van der Waals surface area contributed by atoms with Gasteiger partial charge >= 0.3 is 0 Å². The molecule has 0 saturated heterocycles. The summed E-state index contributed by atoms with van der Waals surface area (Å²) in [5, 5.41) is 11.2. The summed E-state index contributed by atoms with van der Waals surface area (Å²) in [6.07, 6.45) is 0. The molecule has 1 heterocycles. The number of hydrogen-bond acceptors (Lipinski definition) is 5. The van der Waals surface area contributed by atoms with Crippen LogP contribution in [0.15, 0.2) is 59.8 Å². The highest BCUT2D eigenvalue weighted by Gasteiger charge is 2.19. The molecule has 28 heavy (non-hydrogen) atoms. The summed E-state index contributed by atoms with van der Waals surface area (Å²) in [5.74, 6) is 1.35. The summed E-state index contributed by atoms with van der Waals surface area (Å²) in [7, 11) is 0. The first-order chi connectivity index (χ1) is 13.7. The van der Waals surface area contributed by atoms with Crippen LogP contribution in [-0.4, -0.2) is 23.1 Å². The molecule has 0 aliphatic rings. The smallest absolute Gasteiger partial charge is 0.190 e. The summed E-state index contributed by atoms with van der Waals surface area (Å²) in [5.41, 5.74) is 3.13. The standard InChI is InChI=1S/C22H21ClN4S/c1-3-27(4-2)21-18(14-24)20(16-10-6-5-7-11-16)25-22(26-21)28-15-17-12-8-9-13-19(17)23/h5-13H,3-4,15H2,1-2H3. The van der Waals surface area contributed by atoms with E-state index in [0.717, 1.165) is 29.2 Å². The van der Waals surface area contributed by atoms with Crippen LogP contribution in [0.1, 0.15) is 25.0 Å². The maximum atomic E-state index is 9.85. The van der Waals surface area contributed by atoms with Gasteiger partial charge in [-0.3, -0.25) is 0 Å². The van der Waals surface area contributed by atoms with Crippen LogP contribution in [0.2, 0.25) is 5.02 Å². The normalized spacial score (nSPS) is 10.5. The third kappa shape index (κ3) is 4.46. The minimum Gasteiger partial charge on any atom is -0.356 e. The van der Waals surface area contributed by atoms with Crippen molar-refractivity contribution in [3.05, 3.63) is 70.7 Å². The zero-order chi connectivity index (χ0) is 19.9. The van der Waals surface area contributed by atoms with Crippen molar-refractivity contribution in [3.63, 3.8) is 0 Å². The van der Waals surface area contributed by atoms with Gasteiger partial charge in [0, 0.05) is 29.4 Å². The van der Waals surface area contributed by atoms with Gasteiger partial charge in [0.15, 0.2) is 11.0 Å². The first-order valence-electron chi connectivity index (χ1n) is 9.16. The number of nitrogens with zero attached hydrogens (tertiary/aromatic N) is 4. The molecule has 142 valence electrons. The molecular formula is C22H21ClN4S. The van der Waals surface area contributed by atoms with E-state index >= 15 is 0 Å². The van der Waals surface area contributed by atoms with Crippen molar-refractivity contribution in [2.45, 2.75) is 24.8 Å². The lowest BCUT2D eigenvalue weighted by atomic mass is 10.1. The van der Waals surface area contributed by atoms with Gasteiger partial charge in [0.25, 0.3) is 0 Å². The highest BCUT2D eigenvalue weighted by atomic mass is 35.5. The molecule has 0 atom stereocenters. The van der Waals surface area contributed by atoms with Gasteiger partial charge in [0.2, 0.25) is 0 Å². The molecule has 0 amide bonds. The van der Waals surface area contributed by atoms with E-state index in [1.807, 2.05) is 54.6 Å². The lowest BCUT2D eigenvalue weighted by molar-refractivity contribution is 0.817. The highest BCUT2D eigenvalue weighted by Crippen LogP contribution is 2.32. The fraction of sp³-hybridized carbons (Fsp3) is 0.227. The Bertz CT molecular complexity index is 982. The summed E-state index contributed by atoms with van der Waals surface area (Å²) in [4.78, 5) is 11.5. The zero-order valence-corrected chi connectivity index (χ0v) is 17.5. The quantitative estimate of drug-likeness (QED) is 0.365. The zero-order valence-electron chi connectivity index (χ0n) is 15.9. The predicted molar refractivity (Wildman–Crippen MR) is 117 cm³/mol. The number of thioether (sulfide) groups is 1. The van der Waals surface area contributed by atoms with E-state index < -0.39 is 0 Å². The minimum atomic E-state index is 0.511. The number of halogens is 1. The molecule has 6 heteroatoms. The Kier molecular flexibility index (Phi) is 6.91. The predicted octanol–water partition coefficient (Wildman–Crippen LogP) is 5.81. The average molecular weight is 409 g/mol. The molecule has 1 aromatic heterocycles. The topological polar surface area (TPSA) is 52.8 Å². The van der Waals surface area contributed by atoms with Gasteiger partial charge in [-0.15, -0.1) is 0 Å². The largest absolute Gasteiger partial charge is 0.356 e. The van der Waals surface area contributed by atoms with E-state index in [2.05, 4.69) is 24.8 Å². The number of anilines is 1. The van der Waals surface area contributed by atoms with Crippen molar-refractivity contribution < 1.29 is 0 Å². The molecule has 3 rings (SSSR count). The lowest BCUT2D eigenvalue weighted by Gasteiger charge is -2.22. The second-order valence-electron chi connectivity index (χ2n) is 6.08. The third-order valence-electron chi connectivity index (χ3n) is 4.41. The van der Waals surface area contributed by atoms with Crippen LogP contribution in [0.4, 0.5) is 5.82 Å². The van der Waals surface area contributed by atoms with E-state index in [1.54, 1.807) is 0 Å². The van der Waals surface area contributed by atoms with Crippen LogP contribution >= 0.6 is 23.4 Å². The first kappa shape index (κ1) is 20.2. The Morgan fingerprint density at radius 2 is 1.68 bits per heavy atom.